The maximum atomic E-state index is 11.6. The van der Waals surface area contributed by atoms with Gasteiger partial charge in [-0.3, -0.25) is 0 Å². The van der Waals surface area contributed by atoms with E-state index in [0.717, 1.165) is 4.46 Å². The molecular formula is C9H13NO2Se. The summed E-state index contributed by atoms with van der Waals surface area (Å²) in [5.41, 5.74) is 5.54. The van der Waals surface area contributed by atoms with Crippen LogP contribution in [0.15, 0.2) is 24.3 Å². The molecular weight excluding hydrogens is 233 g/mol. The van der Waals surface area contributed by atoms with Crippen LogP contribution in [0.1, 0.15) is 6.92 Å². The summed E-state index contributed by atoms with van der Waals surface area (Å²) in [7, 11) is 0. The maximum absolute atomic E-state index is 11.6. The van der Waals surface area contributed by atoms with Crippen LogP contribution < -0.4 is 10.2 Å². The molecule has 0 aliphatic heterocycles. The molecule has 0 aliphatic carbocycles. The molecule has 0 heterocycles. The second-order valence-electron chi connectivity index (χ2n) is 2.98. The van der Waals surface area contributed by atoms with Gasteiger partial charge in [-0.2, -0.15) is 0 Å². The van der Waals surface area contributed by atoms with Gasteiger partial charge in [0.2, 0.25) is 0 Å². The summed E-state index contributed by atoms with van der Waals surface area (Å²) in [5.74, 6) is 0.198. The van der Waals surface area contributed by atoms with E-state index in [-0.39, 0.29) is 11.8 Å². The summed E-state index contributed by atoms with van der Waals surface area (Å²) in [6.45, 7) is 1.84. The van der Waals surface area contributed by atoms with Gasteiger partial charge < -0.3 is 0 Å². The van der Waals surface area contributed by atoms with Crippen molar-refractivity contribution in [1.29, 1.82) is 0 Å². The van der Waals surface area contributed by atoms with Gasteiger partial charge in [0, 0.05) is 0 Å². The molecule has 1 aromatic carbocycles. The molecule has 3 nitrogen and oxygen atoms in total. The molecule has 0 saturated heterocycles. The molecule has 0 saturated carbocycles. The number of hydrogen-bond acceptors (Lipinski definition) is 3. The van der Waals surface area contributed by atoms with Gasteiger partial charge in [-0.15, -0.1) is 0 Å². The van der Waals surface area contributed by atoms with Crippen LogP contribution in [0.25, 0.3) is 0 Å². The zero-order chi connectivity index (χ0) is 9.84. The summed E-state index contributed by atoms with van der Waals surface area (Å²) < 4.78 is 12.4. The van der Waals surface area contributed by atoms with Gasteiger partial charge in [-0.25, -0.2) is 0 Å². The third-order valence-corrected chi connectivity index (χ3v) is 4.93. The van der Waals surface area contributed by atoms with E-state index < -0.39 is 13.8 Å². The first kappa shape index (κ1) is 10.4. The molecule has 0 radical (unpaired) electrons. The molecule has 0 spiro atoms. The Bertz CT molecular complexity index is 295. The van der Waals surface area contributed by atoms with Crippen molar-refractivity contribution in [2.24, 2.45) is 5.73 Å². The van der Waals surface area contributed by atoms with Crippen LogP contribution in [0.5, 0.6) is 5.75 Å². The van der Waals surface area contributed by atoms with E-state index in [4.69, 9.17) is 10.8 Å². The molecule has 0 aromatic heterocycles. The van der Waals surface area contributed by atoms with Crippen molar-refractivity contribution in [3.05, 3.63) is 24.3 Å². The van der Waals surface area contributed by atoms with Gasteiger partial charge in [-0.05, 0) is 0 Å². The number of rotatable bonds is 3. The number of phenols is 1. The van der Waals surface area contributed by atoms with E-state index in [2.05, 4.69) is 0 Å². The fourth-order valence-corrected chi connectivity index (χ4v) is 3.26. The Hall–Kier alpha value is -0.701. The van der Waals surface area contributed by atoms with Gasteiger partial charge in [0.05, 0.1) is 0 Å². The van der Waals surface area contributed by atoms with E-state index >= 15 is 0 Å². The van der Waals surface area contributed by atoms with Crippen molar-refractivity contribution < 1.29 is 8.94 Å². The topological polar surface area (TPSA) is 63.3 Å². The van der Waals surface area contributed by atoms with Gasteiger partial charge in [-0.1, -0.05) is 0 Å². The summed E-state index contributed by atoms with van der Waals surface area (Å²) in [4.78, 5) is 0. The van der Waals surface area contributed by atoms with Crippen LogP contribution in [0.3, 0.4) is 0 Å². The molecule has 0 fully saturated rings. The first-order chi connectivity index (χ1) is 6.09. The Morgan fingerprint density at radius 3 is 2.46 bits per heavy atom. The van der Waals surface area contributed by atoms with Crippen LogP contribution in [0.2, 0.25) is 5.32 Å². The fraction of sp³-hybridized carbons (Fsp3) is 0.333. The van der Waals surface area contributed by atoms with Crippen LogP contribution >= 0.6 is 0 Å². The molecule has 4 heteroatoms. The Morgan fingerprint density at radius 2 is 2.00 bits per heavy atom. The van der Waals surface area contributed by atoms with Crippen molar-refractivity contribution in [1.82, 2.24) is 0 Å². The Kier molecular flexibility index (Phi) is 3.60. The zero-order valence-corrected chi connectivity index (χ0v) is 9.15. The van der Waals surface area contributed by atoms with Crippen molar-refractivity contribution >= 4 is 18.3 Å². The quantitative estimate of drug-likeness (QED) is 0.757. The second-order valence-corrected chi connectivity index (χ2v) is 6.12. The summed E-state index contributed by atoms with van der Waals surface area (Å²) in [6, 6.07) is 6.44. The normalized spacial score (nSPS) is 15.2. The number of nitrogens with two attached hydrogens (primary N) is 1. The molecule has 0 bridgehead atoms. The standard InChI is InChI=1S/C9H13NO2Se/c1-7(10)6-13(12)9-4-2-8(11)3-5-9/h2-5,7,11H,6,10H2,1H3. The van der Waals surface area contributed by atoms with E-state index in [1.54, 1.807) is 24.3 Å². The summed E-state index contributed by atoms with van der Waals surface area (Å²) >= 11 is -1.99. The van der Waals surface area contributed by atoms with E-state index in [1.165, 1.54) is 0 Å². The minimum atomic E-state index is -1.99. The Balaban J connectivity index is 2.72. The number of aromatic hydroxyl groups is 1. The average molecular weight is 246 g/mol. The van der Waals surface area contributed by atoms with E-state index in [1.807, 2.05) is 6.92 Å². The van der Waals surface area contributed by atoms with E-state index in [9.17, 15) is 3.83 Å². The van der Waals surface area contributed by atoms with Crippen LogP contribution in [0.4, 0.5) is 0 Å². The third-order valence-electron chi connectivity index (χ3n) is 1.51. The SMILES string of the molecule is CC(N)C[Se](=O)c1ccc(O)cc1. The van der Waals surface area contributed by atoms with Crippen molar-refractivity contribution in [2.75, 3.05) is 0 Å². The molecule has 3 N–H and O–H groups in total. The minimum absolute atomic E-state index is 0.0312. The molecule has 0 aliphatic rings. The van der Waals surface area contributed by atoms with Crippen molar-refractivity contribution in [2.45, 2.75) is 18.3 Å². The summed E-state index contributed by atoms with van der Waals surface area (Å²) in [6.07, 6.45) is 0. The summed E-state index contributed by atoms with van der Waals surface area (Å²) in [5, 5.41) is 9.55. The number of hydrogen-bond donors (Lipinski definition) is 2. The van der Waals surface area contributed by atoms with Crippen molar-refractivity contribution in [3.8, 4) is 5.75 Å². The van der Waals surface area contributed by atoms with Gasteiger partial charge in [0.1, 0.15) is 0 Å². The molecule has 1 aromatic rings. The van der Waals surface area contributed by atoms with Crippen molar-refractivity contribution in [3.63, 3.8) is 0 Å². The molecule has 13 heavy (non-hydrogen) atoms. The molecule has 1 rings (SSSR count). The zero-order valence-electron chi connectivity index (χ0n) is 7.43. The molecule has 2 atom stereocenters. The van der Waals surface area contributed by atoms with Gasteiger partial charge in [0.15, 0.2) is 0 Å². The first-order valence-corrected chi connectivity index (χ1v) is 6.79. The Morgan fingerprint density at radius 1 is 1.46 bits per heavy atom. The Labute approximate surface area is 81.7 Å². The predicted molar refractivity (Wildman–Crippen MR) is 52.6 cm³/mol. The van der Waals surface area contributed by atoms with Gasteiger partial charge in [0.25, 0.3) is 0 Å². The van der Waals surface area contributed by atoms with Crippen LogP contribution in [-0.2, 0) is 3.83 Å². The first-order valence-electron chi connectivity index (χ1n) is 4.02. The fourth-order valence-electron chi connectivity index (χ4n) is 0.933. The molecule has 2 unspecified atom stereocenters. The number of phenolic OH excluding ortho intramolecular Hbond substituents is 1. The average Bonchev–Trinajstić information content (AvgIpc) is 2.04. The van der Waals surface area contributed by atoms with Gasteiger partial charge >= 0.3 is 81.3 Å². The van der Waals surface area contributed by atoms with E-state index in [0.29, 0.717) is 5.32 Å². The van der Waals surface area contributed by atoms with Crippen LogP contribution in [0, 0.1) is 0 Å². The monoisotopic (exact) mass is 247 g/mol. The number of benzene rings is 1. The predicted octanol–water partition coefficient (Wildman–Crippen LogP) is 0.368. The van der Waals surface area contributed by atoms with Crippen LogP contribution in [-0.4, -0.2) is 25.0 Å². The second kappa shape index (κ2) is 4.51. The molecule has 0 amide bonds. The third kappa shape index (κ3) is 3.27. The molecule has 72 valence electrons.